The molecule has 3 aromatic rings. The number of pyridine rings is 2. The number of carbonyl (C=O) groups excluding carboxylic acids is 1. The van der Waals surface area contributed by atoms with Crippen LogP contribution in [0.25, 0.3) is 22.3 Å². The second-order valence-corrected chi connectivity index (χ2v) is 10.6. The predicted octanol–water partition coefficient (Wildman–Crippen LogP) is 1.58. The highest BCUT2D eigenvalue weighted by atomic mass is 32.2. The Hall–Kier alpha value is -3.15. The van der Waals surface area contributed by atoms with Gasteiger partial charge in [0.1, 0.15) is 12.4 Å². The summed E-state index contributed by atoms with van der Waals surface area (Å²) < 4.78 is 47.1. The molecule has 0 unspecified atom stereocenters. The quantitative estimate of drug-likeness (QED) is 0.418. The van der Waals surface area contributed by atoms with Gasteiger partial charge in [-0.15, -0.1) is 0 Å². The van der Waals surface area contributed by atoms with Crippen LogP contribution in [0.5, 0.6) is 0 Å². The SMILES string of the molecule is CC[C@@]1(O)C(=O)OCc2c1cc1n(c2=O)Cc2c-1nc1cc(F)c(C)cc1c2CNS(C)(=O)=O. The Balaban J connectivity index is 1.81. The molecule has 0 saturated heterocycles. The van der Waals surface area contributed by atoms with Crippen molar-refractivity contribution in [3.05, 3.63) is 62.2 Å². The Morgan fingerprint density at radius 2 is 2.00 bits per heavy atom. The molecule has 2 N–H and O–H groups in total. The highest BCUT2D eigenvalue weighted by Crippen LogP contribution is 2.40. The fourth-order valence-electron chi connectivity index (χ4n) is 4.70. The molecule has 0 amide bonds. The van der Waals surface area contributed by atoms with Crippen molar-refractivity contribution in [2.24, 2.45) is 0 Å². The van der Waals surface area contributed by atoms with Crippen LogP contribution in [0.2, 0.25) is 0 Å². The molecule has 1 atom stereocenters. The molecule has 0 aliphatic carbocycles. The molecule has 5 rings (SSSR count). The van der Waals surface area contributed by atoms with E-state index in [1.165, 1.54) is 10.6 Å². The number of ether oxygens (including phenoxy) is 1. The van der Waals surface area contributed by atoms with E-state index in [9.17, 15) is 27.5 Å². The molecule has 0 radical (unpaired) electrons. The van der Waals surface area contributed by atoms with Crippen molar-refractivity contribution in [1.29, 1.82) is 0 Å². The summed E-state index contributed by atoms with van der Waals surface area (Å²) >= 11 is 0. The van der Waals surface area contributed by atoms with Gasteiger partial charge >= 0.3 is 5.97 Å². The Bertz CT molecular complexity index is 1580. The highest BCUT2D eigenvalue weighted by molar-refractivity contribution is 7.88. The molecule has 0 bridgehead atoms. The minimum atomic E-state index is -3.54. The number of nitrogens with one attached hydrogen (secondary N) is 1. The van der Waals surface area contributed by atoms with Gasteiger partial charge in [0.05, 0.1) is 35.3 Å². The predicted molar refractivity (Wildman–Crippen MR) is 121 cm³/mol. The fraction of sp³-hybridized carbons (Fsp3) is 0.348. The summed E-state index contributed by atoms with van der Waals surface area (Å²) in [4.78, 5) is 30.3. The maximum atomic E-state index is 14.4. The van der Waals surface area contributed by atoms with Gasteiger partial charge in [-0.1, -0.05) is 6.92 Å². The topological polar surface area (TPSA) is 128 Å². The van der Waals surface area contributed by atoms with Crippen molar-refractivity contribution >= 4 is 26.9 Å². The number of halogens is 1. The number of rotatable bonds is 4. The molecule has 2 aromatic heterocycles. The summed E-state index contributed by atoms with van der Waals surface area (Å²) in [5, 5.41) is 11.6. The zero-order valence-electron chi connectivity index (χ0n) is 18.7. The second-order valence-electron chi connectivity index (χ2n) is 8.73. The van der Waals surface area contributed by atoms with Gasteiger partial charge in [0.25, 0.3) is 5.56 Å². The number of sulfonamides is 1. The van der Waals surface area contributed by atoms with Gasteiger partial charge in [0.2, 0.25) is 10.0 Å². The van der Waals surface area contributed by atoms with E-state index < -0.39 is 33.0 Å². The molecule has 4 heterocycles. The average Bonchev–Trinajstić information content (AvgIpc) is 3.13. The monoisotopic (exact) mass is 487 g/mol. The maximum Gasteiger partial charge on any atom is 0.343 e. The van der Waals surface area contributed by atoms with Gasteiger partial charge in [-0.05, 0) is 36.6 Å². The normalized spacial score (nSPS) is 19.0. The van der Waals surface area contributed by atoms with Crippen LogP contribution in [0.3, 0.4) is 0 Å². The second kappa shape index (κ2) is 7.42. The van der Waals surface area contributed by atoms with Gasteiger partial charge < -0.3 is 14.4 Å². The first kappa shape index (κ1) is 22.6. The molecule has 9 nitrogen and oxygen atoms in total. The van der Waals surface area contributed by atoms with Crippen molar-refractivity contribution in [1.82, 2.24) is 14.3 Å². The van der Waals surface area contributed by atoms with E-state index in [4.69, 9.17) is 4.74 Å². The van der Waals surface area contributed by atoms with Gasteiger partial charge in [-0.3, -0.25) is 4.79 Å². The minimum Gasteiger partial charge on any atom is -0.458 e. The summed E-state index contributed by atoms with van der Waals surface area (Å²) in [5.74, 6) is -1.29. The lowest BCUT2D eigenvalue weighted by molar-refractivity contribution is -0.172. The lowest BCUT2D eigenvalue weighted by atomic mass is 9.86. The van der Waals surface area contributed by atoms with Crippen LogP contribution in [-0.2, 0) is 44.9 Å². The third-order valence-corrected chi connectivity index (χ3v) is 7.27. The Labute approximate surface area is 194 Å². The Morgan fingerprint density at radius 1 is 1.26 bits per heavy atom. The molecule has 2 aliphatic heterocycles. The van der Waals surface area contributed by atoms with Crippen molar-refractivity contribution in [3.8, 4) is 11.4 Å². The van der Waals surface area contributed by atoms with E-state index in [0.29, 0.717) is 39.0 Å². The molecule has 178 valence electrons. The number of aryl methyl sites for hydroxylation is 1. The molecule has 0 fully saturated rings. The first-order chi connectivity index (χ1) is 15.9. The van der Waals surface area contributed by atoms with Crippen molar-refractivity contribution in [2.45, 2.75) is 45.6 Å². The first-order valence-corrected chi connectivity index (χ1v) is 12.6. The molecule has 34 heavy (non-hydrogen) atoms. The Kier molecular flexibility index (Phi) is 4.94. The average molecular weight is 488 g/mol. The lowest BCUT2D eigenvalue weighted by Crippen LogP contribution is -2.44. The number of hydrogen-bond acceptors (Lipinski definition) is 7. The minimum absolute atomic E-state index is 0.00769. The number of aromatic nitrogens is 2. The molecule has 11 heteroatoms. The fourth-order valence-corrected chi connectivity index (χ4v) is 5.10. The maximum absolute atomic E-state index is 14.4. The van der Waals surface area contributed by atoms with Crippen LogP contribution in [-0.4, -0.2) is 35.3 Å². The molecule has 0 spiro atoms. The molecule has 1 aromatic carbocycles. The molecule has 0 saturated carbocycles. The summed E-state index contributed by atoms with van der Waals surface area (Å²) in [5.41, 5.74) is 0.560. The number of esters is 1. The first-order valence-electron chi connectivity index (χ1n) is 10.7. The third-order valence-electron chi connectivity index (χ3n) is 6.60. The number of cyclic esters (lactones) is 1. The van der Waals surface area contributed by atoms with E-state index in [1.807, 2.05) is 0 Å². The number of aliphatic hydroxyl groups is 1. The van der Waals surface area contributed by atoms with E-state index in [-0.39, 0.29) is 37.2 Å². The summed E-state index contributed by atoms with van der Waals surface area (Å²) in [6, 6.07) is 4.44. The molecular weight excluding hydrogens is 465 g/mol. The van der Waals surface area contributed by atoms with Crippen molar-refractivity contribution in [2.75, 3.05) is 6.26 Å². The Morgan fingerprint density at radius 3 is 2.68 bits per heavy atom. The number of hydrogen-bond donors (Lipinski definition) is 2. The number of nitrogens with zero attached hydrogens (tertiary/aromatic N) is 2. The molecular formula is C23H22FN3O6S. The zero-order valence-corrected chi connectivity index (χ0v) is 19.5. The van der Waals surface area contributed by atoms with Crippen LogP contribution in [0, 0.1) is 12.7 Å². The summed E-state index contributed by atoms with van der Waals surface area (Å²) in [7, 11) is -3.54. The number of benzene rings is 1. The van der Waals surface area contributed by atoms with Crippen molar-refractivity contribution < 1.29 is 27.4 Å². The summed E-state index contributed by atoms with van der Waals surface area (Å²) in [6.45, 7) is 2.99. The molecule has 2 aliphatic rings. The van der Waals surface area contributed by atoms with E-state index >= 15 is 0 Å². The zero-order chi connectivity index (χ0) is 24.6. The van der Waals surface area contributed by atoms with Gasteiger partial charge in [-0.2, -0.15) is 0 Å². The van der Waals surface area contributed by atoms with Crippen molar-refractivity contribution in [3.63, 3.8) is 0 Å². The van der Waals surface area contributed by atoms with Crippen LogP contribution in [0.1, 0.15) is 41.2 Å². The smallest absolute Gasteiger partial charge is 0.343 e. The highest BCUT2D eigenvalue weighted by Gasteiger charge is 2.45. The number of carbonyl (C=O) groups is 1. The van der Waals surface area contributed by atoms with Gasteiger partial charge in [0, 0.05) is 29.1 Å². The van der Waals surface area contributed by atoms with Crippen LogP contribution in [0.15, 0.2) is 23.0 Å². The van der Waals surface area contributed by atoms with Gasteiger partial charge in [0.15, 0.2) is 5.60 Å². The third kappa shape index (κ3) is 3.26. The largest absolute Gasteiger partial charge is 0.458 e. The van der Waals surface area contributed by atoms with E-state index in [1.54, 1.807) is 26.0 Å². The number of fused-ring (bicyclic) bond motifs is 5. The van der Waals surface area contributed by atoms with E-state index in [0.717, 1.165) is 6.26 Å². The van der Waals surface area contributed by atoms with Crippen LogP contribution in [0.4, 0.5) is 4.39 Å². The van der Waals surface area contributed by atoms with Gasteiger partial charge in [-0.25, -0.2) is 27.3 Å². The van der Waals surface area contributed by atoms with E-state index in [2.05, 4.69) is 9.71 Å². The van der Waals surface area contributed by atoms with Crippen LogP contribution >= 0.6 is 0 Å². The standard InChI is InChI=1S/C23H22FN3O6S/c1-4-23(30)16-6-19-20-14(9-27(19)21(28)15(16)10-33-22(23)29)13(8-25-34(3,31)32)12-5-11(2)17(24)7-18(12)26-20/h5-7,25,30H,4,8-10H2,1-3H3/t23-/m0/s1. The lowest BCUT2D eigenvalue weighted by Gasteiger charge is -2.31. The van der Waals surface area contributed by atoms with Crippen LogP contribution < -0.4 is 10.3 Å². The summed E-state index contributed by atoms with van der Waals surface area (Å²) in [6.07, 6.45) is 1.05.